The second-order valence-electron chi connectivity index (χ2n) is 8.93. The lowest BCUT2D eigenvalue weighted by atomic mass is 9.90. The highest BCUT2D eigenvalue weighted by Gasteiger charge is 2.31. The molecule has 11 nitrogen and oxygen atoms in total. The highest BCUT2D eigenvalue weighted by molar-refractivity contribution is 5.95. The van der Waals surface area contributed by atoms with Crippen LogP contribution in [0.3, 0.4) is 0 Å². The zero-order chi connectivity index (χ0) is 27.1. The molecule has 36 heavy (non-hydrogen) atoms. The van der Waals surface area contributed by atoms with Crippen LogP contribution in [-0.2, 0) is 30.4 Å². The van der Waals surface area contributed by atoms with Gasteiger partial charge in [0.25, 0.3) is 0 Å². The maximum Gasteiger partial charge on any atom is 0.240 e. The number of ketones is 1. The van der Waals surface area contributed by atoms with Gasteiger partial charge in [-0.2, -0.15) is 0 Å². The van der Waals surface area contributed by atoms with Crippen molar-refractivity contribution in [3.05, 3.63) is 35.9 Å². The number of Topliss-reactive ketones (excluding diaryl/α,β-unsaturated/α-hetero) is 1. The normalized spacial score (nSPS) is 14.2. The first-order valence-corrected chi connectivity index (χ1v) is 12.3. The van der Waals surface area contributed by atoms with E-state index in [1.165, 1.54) is 0 Å². The molecule has 200 valence electrons. The van der Waals surface area contributed by atoms with Crippen LogP contribution in [0.1, 0.15) is 57.4 Å². The van der Waals surface area contributed by atoms with Crippen molar-refractivity contribution in [2.75, 3.05) is 6.54 Å². The number of carbonyl (C=O) groups is 5. The van der Waals surface area contributed by atoms with Crippen LogP contribution in [-0.4, -0.2) is 54.1 Å². The molecule has 0 aliphatic carbocycles. The first-order valence-electron chi connectivity index (χ1n) is 12.3. The van der Waals surface area contributed by atoms with Crippen molar-refractivity contribution < 1.29 is 24.0 Å². The Bertz CT molecular complexity index is 879. The summed E-state index contributed by atoms with van der Waals surface area (Å²) in [6, 6.07) is 6.24. The summed E-state index contributed by atoms with van der Waals surface area (Å²) < 4.78 is 0. The van der Waals surface area contributed by atoms with E-state index in [2.05, 4.69) is 10.6 Å². The Balaban J connectivity index is 3.09. The summed E-state index contributed by atoms with van der Waals surface area (Å²) in [6.07, 6.45) is 2.28. The Labute approximate surface area is 212 Å². The number of unbranched alkanes of at least 4 members (excludes halogenated alkanes) is 1. The third-order valence-corrected chi connectivity index (χ3v) is 5.81. The summed E-state index contributed by atoms with van der Waals surface area (Å²) in [7, 11) is 0. The highest BCUT2D eigenvalue weighted by Crippen LogP contribution is 2.17. The summed E-state index contributed by atoms with van der Waals surface area (Å²) >= 11 is 0. The molecule has 0 radical (unpaired) electrons. The van der Waals surface area contributed by atoms with E-state index in [1.54, 1.807) is 0 Å². The Morgan fingerprint density at radius 2 is 1.50 bits per heavy atom. The van der Waals surface area contributed by atoms with E-state index < -0.39 is 54.1 Å². The second-order valence-corrected chi connectivity index (χ2v) is 8.93. The van der Waals surface area contributed by atoms with Gasteiger partial charge >= 0.3 is 0 Å². The predicted octanol–water partition coefficient (Wildman–Crippen LogP) is -0.609. The fraction of sp³-hybridized carbons (Fsp3) is 0.560. The summed E-state index contributed by atoms with van der Waals surface area (Å²) in [5.41, 5.74) is 22.8. The number of carbonyl (C=O) groups excluding carboxylic acids is 5. The average Bonchev–Trinajstić information content (AvgIpc) is 2.82. The topological polar surface area (TPSA) is 213 Å². The van der Waals surface area contributed by atoms with Gasteiger partial charge in [0.1, 0.15) is 6.04 Å². The van der Waals surface area contributed by atoms with Crippen LogP contribution in [0.5, 0.6) is 0 Å². The monoisotopic (exact) mass is 504 g/mol. The molecule has 1 rings (SSSR count). The molecule has 0 unspecified atom stereocenters. The van der Waals surface area contributed by atoms with Gasteiger partial charge in [-0.15, -0.1) is 0 Å². The molecule has 0 saturated carbocycles. The number of hydrogen-bond donors (Lipinski definition) is 6. The molecular weight excluding hydrogens is 464 g/mol. The molecular formula is C25H40N6O5. The first kappa shape index (κ1) is 30.7. The Morgan fingerprint density at radius 1 is 0.861 bits per heavy atom. The van der Waals surface area contributed by atoms with Gasteiger partial charge < -0.3 is 33.6 Å². The summed E-state index contributed by atoms with van der Waals surface area (Å²) in [5, 5.41) is 5.19. The van der Waals surface area contributed by atoms with Crippen LogP contribution >= 0.6 is 0 Å². The quantitative estimate of drug-likeness (QED) is 0.142. The SMILES string of the molecule is CCC[C@H](N)C(=O)N[C@@H](Cc1ccccc1)C(=O)C[C@@H](CCCCN)C(=O)N[C@@H](CC(N)=O)C(N)=O. The average molecular weight is 505 g/mol. The Hall–Kier alpha value is -3.31. The molecule has 0 bridgehead atoms. The zero-order valence-corrected chi connectivity index (χ0v) is 20.9. The van der Waals surface area contributed by atoms with Gasteiger partial charge in [0, 0.05) is 12.3 Å². The molecule has 11 heteroatoms. The van der Waals surface area contributed by atoms with Gasteiger partial charge in [0.05, 0.1) is 18.5 Å². The number of nitrogens with one attached hydrogen (secondary N) is 2. The number of amides is 4. The molecule has 0 aromatic heterocycles. The summed E-state index contributed by atoms with van der Waals surface area (Å²) in [5.74, 6) is -3.92. The number of hydrogen-bond acceptors (Lipinski definition) is 7. The van der Waals surface area contributed by atoms with E-state index >= 15 is 0 Å². The maximum absolute atomic E-state index is 13.4. The van der Waals surface area contributed by atoms with Crippen LogP contribution in [0, 0.1) is 5.92 Å². The van der Waals surface area contributed by atoms with Crippen molar-refractivity contribution in [1.82, 2.24) is 10.6 Å². The van der Waals surface area contributed by atoms with Gasteiger partial charge in [-0.3, -0.25) is 24.0 Å². The van der Waals surface area contributed by atoms with Crippen molar-refractivity contribution >= 4 is 29.4 Å². The van der Waals surface area contributed by atoms with E-state index in [-0.39, 0.29) is 18.6 Å². The fourth-order valence-corrected chi connectivity index (χ4v) is 3.78. The summed E-state index contributed by atoms with van der Waals surface area (Å²) in [6.45, 7) is 2.32. The molecule has 0 saturated heterocycles. The van der Waals surface area contributed by atoms with Crippen LogP contribution in [0.15, 0.2) is 30.3 Å². The molecule has 0 aliphatic heterocycles. The standard InChI is InChI=1S/C25H40N6O5/c1-2-8-18(27)25(36)30-19(13-16-9-4-3-5-10-16)21(32)14-17(11-6-7-12-26)24(35)31-20(23(29)34)15-22(28)33/h3-5,9-10,17-20H,2,6-8,11-15,26-27H2,1H3,(H2,28,33)(H2,29,34)(H,30,36)(H,31,35)/t17-,18+,19+,20+/m1/s1. The zero-order valence-electron chi connectivity index (χ0n) is 20.9. The maximum atomic E-state index is 13.4. The van der Waals surface area contributed by atoms with Crippen LogP contribution < -0.4 is 33.6 Å². The molecule has 0 aliphatic rings. The fourth-order valence-electron chi connectivity index (χ4n) is 3.78. The van der Waals surface area contributed by atoms with Gasteiger partial charge in [-0.1, -0.05) is 50.1 Å². The van der Waals surface area contributed by atoms with Gasteiger partial charge in [-0.25, -0.2) is 0 Å². The second kappa shape index (κ2) is 16.4. The Kier molecular flexibility index (Phi) is 14.0. The minimum atomic E-state index is -1.28. The van der Waals surface area contributed by atoms with Crippen molar-refractivity contribution in [3.63, 3.8) is 0 Å². The first-order chi connectivity index (χ1) is 17.1. The lowest BCUT2D eigenvalue weighted by molar-refractivity contribution is -0.134. The molecule has 0 heterocycles. The molecule has 1 aromatic rings. The van der Waals surface area contributed by atoms with Crippen LogP contribution in [0.2, 0.25) is 0 Å². The van der Waals surface area contributed by atoms with Crippen molar-refractivity contribution in [3.8, 4) is 0 Å². The smallest absolute Gasteiger partial charge is 0.240 e. The highest BCUT2D eigenvalue weighted by atomic mass is 16.2. The predicted molar refractivity (Wildman–Crippen MR) is 136 cm³/mol. The third kappa shape index (κ3) is 11.4. The number of primary amides is 2. The van der Waals surface area contributed by atoms with Crippen molar-refractivity contribution in [2.24, 2.45) is 28.9 Å². The lowest BCUT2D eigenvalue weighted by Gasteiger charge is -2.24. The minimum absolute atomic E-state index is 0.195. The lowest BCUT2D eigenvalue weighted by Crippen LogP contribution is -2.51. The number of benzene rings is 1. The summed E-state index contributed by atoms with van der Waals surface area (Å²) in [4.78, 5) is 61.9. The van der Waals surface area contributed by atoms with Gasteiger partial charge in [-0.05, 0) is 37.8 Å². The largest absolute Gasteiger partial charge is 0.370 e. The van der Waals surface area contributed by atoms with E-state index in [0.717, 1.165) is 5.56 Å². The van der Waals surface area contributed by atoms with E-state index in [1.807, 2.05) is 37.3 Å². The van der Waals surface area contributed by atoms with Crippen LogP contribution in [0.4, 0.5) is 0 Å². The van der Waals surface area contributed by atoms with Crippen LogP contribution in [0.25, 0.3) is 0 Å². The molecule has 4 amide bonds. The van der Waals surface area contributed by atoms with E-state index in [0.29, 0.717) is 38.6 Å². The third-order valence-electron chi connectivity index (χ3n) is 5.81. The van der Waals surface area contributed by atoms with Crippen molar-refractivity contribution in [1.29, 1.82) is 0 Å². The van der Waals surface area contributed by atoms with Gasteiger partial charge in [0.2, 0.25) is 23.6 Å². The Morgan fingerprint density at radius 3 is 2.06 bits per heavy atom. The molecule has 0 spiro atoms. The number of rotatable bonds is 18. The van der Waals surface area contributed by atoms with Gasteiger partial charge in [0.15, 0.2) is 5.78 Å². The molecule has 1 aromatic carbocycles. The molecule has 10 N–H and O–H groups in total. The minimum Gasteiger partial charge on any atom is -0.370 e. The number of nitrogens with two attached hydrogens (primary N) is 4. The van der Waals surface area contributed by atoms with E-state index in [4.69, 9.17) is 22.9 Å². The van der Waals surface area contributed by atoms with Crippen molar-refractivity contribution in [2.45, 2.75) is 76.4 Å². The molecule has 4 atom stereocenters. The van der Waals surface area contributed by atoms with E-state index in [9.17, 15) is 24.0 Å². The molecule has 0 fully saturated rings.